The van der Waals surface area contributed by atoms with Crippen LogP contribution < -0.4 is 4.90 Å². The fraction of sp³-hybridized carbons (Fsp3) is 0.125. The Morgan fingerprint density at radius 1 is 0.955 bits per heavy atom. The molecule has 0 spiro atoms. The number of benzene rings is 2. The van der Waals surface area contributed by atoms with Gasteiger partial charge in [-0.15, -0.1) is 0 Å². The number of anilines is 1. The van der Waals surface area contributed by atoms with Crippen molar-refractivity contribution >= 4 is 40.8 Å². The van der Waals surface area contributed by atoms with E-state index in [1.54, 1.807) is 25.2 Å². The van der Waals surface area contributed by atoms with E-state index in [9.17, 15) is 9.59 Å². The molecule has 3 rings (SSSR count). The fourth-order valence-corrected chi connectivity index (χ4v) is 3.07. The molecule has 1 aliphatic rings. The van der Waals surface area contributed by atoms with Gasteiger partial charge in [0.2, 0.25) is 0 Å². The average Bonchev–Trinajstić information content (AvgIpc) is 2.69. The maximum Gasteiger partial charge on any atom is 0.332 e. The van der Waals surface area contributed by atoms with Crippen LogP contribution in [-0.2, 0) is 4.79 Å². The monoisotopic (exact) mass is 334 g/mol. The highest BCUT2D eigenvalue weighted by Crippen LogP contribution is 2.35. The zero-order chi connectivity index (χ0) is 15.9. The first kappa shape index (κ1) is 14.9. The summed E-state index contributed by atoms with van der Waals surface area (Å²) in [7, 11) is 1.60. The lowest BCUT2D eigenvalue weighted by Crippen LogP contribution is -2.31. The van der Waals surface area contributed by atoms with Crippen molar-refractivity contribution in [2.45, 2.75) is 6.04 Å². The third-order valence-electron chi connectivity index (χ3n) is 3.56. The van der Waals surface area contributed by atoms with Crippen molar-refractivity contribution in [2.24, 2.45) is 0 Å². The lowest BCUT2D eigenvalue weighted by molar-refractivity contribution is -0.119. The number of carbonyl (C=O) groups is 2. The summed E-state index contributed by atoms with van der Waals surface area (Å²) >= 11 is 11.9. The van der Waals surface area contributed by atoms with Crippen molar-refractivity contribution in [2.75, 3.05) is 11.9 Å². The van der Waals surface area contributed by atoms with Crippen LogP contribution in [0.25, 0.3) is 0 Å². The Labute approximate surface area is 137 Å². The van der Waals surface area contributed by atoms with Gasteiger partial charge in [-0.3, -0.25) is 4.79 Å². The predicted octanol–water partition coefficient (Wildman–Crippen LogP) is 4.13. The molecular weight excluding hydrogens is 323 g/mol. The van der Waals surface area contributed by atoms with Gasteiger partial charge in [-0.25, -0.2) is 9.69 Å². The smallest absolute Gasteiger partial charge is 0.311 e. The molecule has 0 saturated carbocycles. The lowest BCUT2D eigenvalue weighted by Gasteiger charge is -2.15. The minimum atomic E-state index is -0.647. The number of likely N-dealkylation sites (N-methyl/N-ethyl adjacent to an activating group) is 1. The first-order valence-electron chi connectivity index (χ1n) is 6.61. The van der Waals surface area contributed by atoms with Crippen LogP contribution >= 0.6 is 23.2 Å². The molecule has 0 bridgehead atoms. The topological polar surface area (TPSA) is 40.6 Å². The van der Waals surface area contributed by atoms with Crippen LogP contribution in [0.1, 0.15) is 11.6 Å². The summed E-state index contributed by atoms with van der Waals surface area (Å²) < 4.78 is 0. The largest absolute Gasteiger partial charge is 0.332 e. The molecule has 4 nitrogen and oxygen atoms in total. The van der Waals surface area contributed by atoms with Gasteiger partial charge in [0.05, 0.1) is 5.69 Å². The molecule has 2 aromatic carbocycles. The molecule has 0 unspecified atom stereocenters. The molecule has 112 valence electrons. The molecule has 22 heavy (non-hydrogen) atoms. The minimum absolute atomic E-state index is 0.322. The van der Waals surface area contributed by atoms with Crippen LogP contribution in [0.2, 0.25) is 10.0 Å². The summed E-state index contributed by atoms with van der Waals surface area (Å²) in [6.07, 6.45) is 0. The third-order valence-corrected chi connectivity index (χ3v) is 3.99. The highest BCUT2D eigenvalue weighted by Gasteiger charge is 2.44. The molecule has 0 aromatic heterocycles. The van der Waals surface area contributed by atoms with Crippen LogP contribution in [0.15, 0.2) is 48.5 Å². The normalized spacial score (nSPS) is 18.2. The summed E-state index contributed by atoms with van der Waals surface area (Å²) in [4.78, 5) is 27.7. The number of rotatable bonds is 2. The zero-order valence-corrected chi connectivity index (χ0v) is 13.2. The van der Waals surface area contributed by atoms with Crippen LogP contribution in [-0.4, -0.2) is 23.9 Å². The number of nitrogens with zero attached hydrogens (tertiary/aromatic N) is 2. The molecule has 1 aliphatic heterocycles. The number of urea groups is 1. The highest BCUT2D eigenvalue weighted by atomic mass is 35.5. The molecule has 1 saturated heterocycles. The van der Waals surface area contributed by atoms with E-state index in [1.165, 1.54) is 4.90 Å². The third kappa shape index (κ3) is 2.45. The first-order chi connectivity index (χ1) is 10.5. The summed E-state index contributed by atoms with van der Waals surface area (Å²) in [5.74, 6) is -0.322. The number of amides is 3. The summed E-state index contributed by atoms with van der Waals surface area (Å²) in [5, 5.41) is 0.739. The van der Waals surface area contributed by atoms with Crippen LogP contribution in [0.4, 0.5) is 10.5 Å². The highest BCUT2D eigenvalue weighted by molar-refractivity contribution is 6.35. The van der Waals surface area contributed by atoms with Crippen LogP contribution in [0.3, 0.4) is 0 Å². The summed E-state index contributed by atoms with van der Waals surface area (Å²) in [6, 6.07) is 12.8. The molecule has 0 radical (unpaired) electrons. The van der Waals surface area contributed by atoms with Gasteiger partial charge in [0.1, 0.15) is 6.04 Å². The number of hydrogen-bond acceptors (Lipinski definition) is 2. The molecule has 1 heterocycles. The average molecular weight is 335 g/mol. The Morgan fingerprint density at radius 3 is 2.14 bits per heavy atom. The second-order valence-corrected chi connectivity index (χ2v) is 5.88. The molecular formula is C16H12Cl2N2O2. The maximum atomic E-state index is 12.7. The Morgan fingerprint density at radius 2 is 1.55 bits per heavy atom. The lowest BCUT2D eigenvalue weighted by atomic mass is 10.1. The number of halogens is 2. The summed E-state index contributed by atoms with van der Waals surface area (Å²) in [5.41, 5.74) is 1.14. The van der Waals surface area contributed by atoms with Gasteiger partial charge in [-0.2, -0.15) is 0 Å². The van der Waals surface area contributed by atoms with Crippen molar-refractivity contribution in [3.8, 4) is 0 Å². The van der Waals surface area contributed by atoms with Gasteiger partial charge in [0, 0.05) is 17.1 Å². The van der Waals surface area contributed by atoms with Crippen LogP contribution in [0.5, 0.6) is 0 Å². The van der Waals surface area contributed by atoms with E-state index in [0.717, 1.165) is 10.5 Å². The molecule has 1 atom stereocenters. The van der Waals surface area contributed by atoms with E-state index in [0.29, 0.717) is 15.7 Å². The fourth-order valence-electron chi connectivity index (χ4n) is 2.56. The second-order valence-electron chi connectivity index (χ2n) is 5.01. The minimum Gasteiger partial charge on any atom is -0.311 e. The molecule has 2 aromatic rings. The Balaban J connectivity index is 2.04. The van der Waals surface area contributed by atoms with E-state index < -0.39 is 12.1 Å². The zero-order valence-electron chi connectivity index (χ0n) is 11.7. The standard InChI is InChI=1S/C16H12Cl2N2O2/c1-19-14(10-5-3-2-4-6-10)15(21)20(16(19)22)13-8-11(17)7-12(18)9-13/h2-9,14H,1H3/t14-/m1/s1. The van der Waals surface area contributed by atoms with Crippen LogP contribution in [0, 0.1) is 0 Å². The van der Waals surface area contributed by atoms with Crippen molar-refractivity contribution in [3.05, 3.63) is 64.1 Å². The van der Waals surface area contributed by atoms with E-state index in [4.69, 9.17) is 23.2 Å². The second kappa shape index (κ2) is 5.63. The van der Waals surface area contributed by atoms with Gasteiger partial charge in [-0.1, -0.05) is 53.5 Å². The van der Waals surface area contributed by atoms with Gasteiger partial charge in [-0.05, 0) is 23.8 Å². The molecule has 3 amide bonds. The first-order valence-corrected chi connectivity index (χ1v) is 7.36. The van der Waals surface area contributed by atoms with Crippen molar-refractivity contribution in [3.63, 3.8) is 0 Å². The van der Waals surface area contributed by atoms with E-state index in [1.807, 2.05) is 30.3 Å². The van der Waals surface area contributed by atoms with E-state index >= 15 is 0 Å². The number of imide groups is 1. The Hall–Kier alpha value is -2.04. The molecule has 0 aliphatic carbocycles. The summed E-state index contributed by atoms with van der Waals surface area (Å²) in [6.45, 7) is 0. The molecule has 6 heteroatoms. The molecule has 1 fully saturated rings. The quantitative estimate of drug-likeness (QED) is 0.774. The molecule has 0 N–H and O–H groups in total. The van der Waals surface area contributed by atoms with Gasteiger partial charge < -0.3 is 4.90 Å². The SMILES string of the molecule is CN1C(=O)N(c2cc(Cl)cc(Cl)c2)C(=O)[C@H]1c1ccccc1. The predicted molar refractivity (Wildman–Crippen MR) is 86.3 cm³/mol. The van der Waals surface area contributed by atoms with Gasteiger partial charge in [0.25, 0.3) is 5.91 Å². The van der Waals surface area contributed by atoms with E-state index in [-0.39, 0.29) is 5.91 Å². The Kier molecular flexibility index (Phi) is 3.81. The van der Waals surface area contributed by atoms with Crippen molar-refractivity contribution < 1.29 is 9.59 Å². The maximum absolute atomic E-state index is 12.7. The number of hydrogen-bond donors (Lipinski definition) is 0. The van der Waals surface area contributed by atoms with Crippen molar-refractivity contribution in [1.82, 2.24) is 4.90 Å². The van der Waals surface area contributed by atoms with Gasteiger partial charge in [0.15, 0.2) is 0 Å². The van der Waals surface area contributed by atoms with E-state index in [2.05, 4.69) is 0 Å². The van der Waals surface area contributed by atoms with Crippen molar-refractivity contribution in [1.29, 1.82) is 0 Å². The van der Waals surface area contributed by atoms with Gasteiger partial charge >= 0.3 is 6.03 Å². The Bertz CT molecular complexity index is 729. The number of carbonyl (C=O) groups excluding carboxylic acids is 2.